The molecule has 1 aliphatic carbocycles. The van der Waals surface area contributed by atoms with Crippen LogP contribution in [0.1, 0.15) is 31.4 Å². The number of likely N-dealkylation sites (tertiary alicyclic amines) is 1. The standard InChI is InChI=1S/C17H23NO.ClH/c1-4-8-18-9-7-17(3)12(2)16(18)10-13-5-6-14(19)11-15(13)17;/h4-6,11-12,16,19H,1,7-10H2,2-3H3;1H/t12?,16-,17+;/m1./s1. The third-order valence-corrected chi connectivity index (χ3v) is 5.47. The lowest BCUT2D eigenvalue weighted by Crippen LogP contribution is -2.57. The highest BCUT2D eigenvalue weighted by atomic mass is 35.5. The van der Waals surface area contributed by atoms with Crippen LogP contribution in [0.2, 0.25) is 0 Å². The predicted octanol–water partition coefficient (Wildman–Crippen LogP) is 3.52. The highest BCUT2D eigenvalue weighted by Crippen LogP contribution is 2.49. The van der Waals surface area contributed by atoms with E-state index >= 15 is 0 Å². The maximum absolute atomic E-state index is 9.80. The summed E-state index contributed by atoms with van der Waals surface area (Å²) >= 11 is 0. The summed E-state index contributed by atoms with van der Waals surface area (Å²) in [5.74, 6) is 1.02. The molecule has 0 radical (unpaired) electrons. The van der Waals surface area contributed by atoms with Crippen LogP contribution in [0.25, 0.3) is 0 Å². The maximum Gasteiger partial charge on any atom is 0.115 e. The number of piperidine rings is 1. The zero-order valence-electron chi connectivity index (χ0n) is 12.3. The Morgan fingerprint density at radius 2 is 2.25 bits per heavy atom. The molecule has 2 bridgehead atoms. The number of phenols is 1. The van der Waals surface area contributed by atoms with Crippen LogP contribution in [0.5, 0.6) is 5.75 Å². The van der Waals surface area contributed by atoms with Gasteiger partial charge in [-0.1, -0.05) is 26.0 Å². The topological polar surface area (TPSA) is 23.5 Å². The third kappa shape index (κ3) is 2.15. The first kappa shape index (κ1) is 15.4. The molecule has 3 rings (SSSR count). The summed E-state index contributed by atoms with van der Waals surface area (Å²) in [5.41, 5.74) is 2.99. The molecule has 1 aliphatic heterocycles. The van der Waals surface area contributed by atoms with E-state index in [9.17, 15) is 5.11 Å². The fourth-order valence-electron chi connectivity index (χ4n) is 4.09. The van der Waals surface area contributed by atoms with Gasteiger partial charge in [-0.2, -0.15) is 0 Å². The van der Waals surface area contributed by atoms with E-state index in [1.807, 2.05) is 18.2 Å². The summed E-state index contributed by atoms with van der Waals surface area (Å²) in [6.45, 7) is 10.7. The molecular weight excluding hydrogens is 270 g/mol. The second kappa shape index (κ2) is 5.42. The zero-order chi connectivity index (χ0) is 13.6. The third-order valence-electron chi connectivity index (χ3n) is 5.47. The molecule has 20 heavy (non-hydrogen) atoms. The Bertz CT molecular complexity index is 516. The first-order valence-corrected chi connectivity index (χ1v) is 7.23. The molecule has 1 aromatic rings. The van der Waals surface area contributed by atoms with Crippen molar-refractivity contribution in [3.8, 4) is 5.75 Å². The van der Waals surface area contributed by atoms with Crippen LogP contribution in [0, 0.1) is 5.92 Å². The van der Waals surface area contributed by atoms with Crippen molar-refractivity contribution in [3.05, 3.63) is 42.0 Å². The first-order chi connectivity index (χ1) is 9.06. The molecule has 1 unspecified atom stereocenters. The molecule has 2 nitrogen and oxygen atoms in total. The monoisotopic (exact) mass is 293 g/mol. The lowest BCUT2D eigenvalue weighted by Gasteiger charge is -2.54. The van der Waals surface area contributed by atoms with Gasteiger partial charge in [0.1, 0.15) is 5.75 Å². The number of fused-ring (bicyclic) bond motifs is 4. The Kier molecular flexibility index (Phi) is 4.17. The smallest absolute Gasteiger partial charge is 0.115 e. The van der Waals surface area contributed by atoms with Crippen molar-refractivity contribution < 1.29 is 5.11 Å². The van der Waals surface area contributed by atoms with Gasteiger partial charge in [0.15, 0.2) is 0 Å². The van der Waals surface area contributed by atoms with Crippen LogP contribution in [0.3, 0.4) is 0 Å². The number of aromatic hydroxyl groups is 1. The van der Waals surface area contributed by atoms with Crippen molar-refractivity contribution in [1.82, 2.24) is 4.90 Å². The number of halogens is 1. The largest absolute Gasteiger partial charge is 0.508 e. The van der Waals surface area contributed by atoms with Gasteiger partial charge < -0.3 is 5.11 Å². The molecule has 1 saturated heterocycles. The number of phenolic OH excluding ortho intramolecular Hbond substituents is 1. The average molecular weight is 294 g/mol. The van der Waals surface area contributed by atoms with Crippen molar-refractivity contribution >= 4 is 12.4 Å². The SMILES string of the molecule is C=CCN1CC[C@]2(C)c3cc(O)ccc3C[C@@H]1C2C.Cl. The van der Waals surface area contributed by atoms with Crippen LogP contribution in [-0.2, 0) is 11.8 Å². The first-order valence-electron chi connectivity index (χ1n) is 7.23. The molecular formula is C17H24ClNO. The molecule has 1 heterocycles. The van der Waals surface area contributed by atoms with E-state index in [0.717, 1.165) is 25.9 Å². The van der Waals surface area contributed by atoms with Crippen LogP contribution in [0.15, 0.2) is 30.9 Å². The zero-order valence-corrected chi connectivity index (χ0v) is 13.1. The van der Waals surface area contributed by atoms with Gasteiger partial charge in [-0.25, -0.2) is 0 Å². The Morgan fingerprint density at radius 3 is 2.95 bits per heavy atom. The lowest BCUT2D eigenvalue weighted by atomic mass is 9.59. The average Bonchev–Trinajstić information content (AvgIpc) is 2.38. The van der Waals surface area contributed by atoms with E-state index in [-0.39, 0.29) is 17.8 Å². The minimum absolute atomic E-state index is 0. The quantitative estimate of drug-likeness (QED) is 0.843. The van der Waals surface area contributed by atoms with Crippen molar-refractivity contribution in [1.29, 1.82) is 0 Å². The predicted molar refractivity (Wildman–Crippen MR) is 85.7 cm³/mol. The van der Waals surface area contributed by atoms with Gasteiger partial charge in [-0.3, -0.25) is 4.90 Å². The molecule has 0 spiro atoms. The Hall–Kier alpha value is -0.990. The second-order valence-corrected chi connectivity index (χ2v) is 6.35. The number of nitrogens with zero attached hydrogens (tertiary/aromatic N) is 1. The van der Waals surface area contributed by atoms with Crippen LogP contribution in [-0.4, -0.2) is 29.1 Å². The fourth-order valence-corrected chi connectivity index (χ4v) is 4.09. The molecule has 1 N–H and O–H groups in total. The fraction of sp³-hybridized carbons (Fsp3) is 0.529. The molecule has 2 aliphatic rings. The summed E-state index contributed by atoms with van der Waals surface area (Å²) in [6.07, 6.45) is 4.27. The van der Waals surface area contributed by atoms with Crippen molar-refractivity contribution in [3.63, 3.8) is 0 Å². The van der Waals surface area contributed by atoms with Crippen molar-refractivity contribution in [2.75, 3.05) is 13.1 Å². The molecule has 0 saturated carbocycles. The Morgan fingerprint density at radius 1 is 1.50 bits per heavy atom. The number of rotatable bonds is 2. The van der Waals surface area contributed by atoms with E-state index in [4.69, 9.17) is 0 Å². The summed E-state index contributed by atoms with van der Waals surface area (Å²) in [7, 11) is 0. The Balaban J connectivity index is 0.00000147. The van der Waals surface area contributed by atoms with E-state index in [2.05, 4.69) is 31.4 Å². The summed E-state index contributed by atoms with van der Waals surface area (Å²) in [4.78, 5) is 2.56. The van der Waals surface area contributed by atoms with Crippen LogP contribution < -0.4 is 0 Å². The van der Waals surface area contributed by atoms with E-state index in [1.54, 1.807) is 0 Å². The molecule has 3 atom stereocenters. The second-order valence-electron chi connectivity index (χ2n) is 6.35. The van der Waals surface area contributed by atoms with E-state index < -0.39 is 0 Å². The summed E-state index contributed by atoms with van der Waals surface area (Å²) < 4.78 is 0. The highest BCUT2D eigenvalue weighted by molar-refractivity contribution is 5.85. The number of hydrogen-bond acceptors (Lipinski definition) is 2. The molecule has 0 amide bonds. The number of hydrogen-bond donors (Lipinski definition) is 1. The van der Waals surface area contributed by atoms with Gasteiger partial charge >= 0.3 is 0 Å². The maximum atomic E-state index is 9.80. The lowest BCUT2D eigenvalue weighted by molar-refractivity contribution is 0.0398. The van der Waals surface area contributed by atoms with Crippen molar-refractivity contribution in [2.24, 2.45) is 5.92 Å². The number of benzene rings is 1. The minimum atomic E-state index is 0. The van der Waals surface area contributed by atoms with Gasteiger partial charge in [-0.05, 0) is 54.0 Å². The molecule has 3 heteroatoms. The van der Waals surface area contributed by atoms with Crippen LogP contribution in [0.4, 0.5) is 0 Å². The molecule has 1 aromatic carbocycles. The Labute approximate surface area is 127 Å². The molecule has 1 fully saturated rings. The molecule has 110 valence electrons. The van der Waals surface area contributed by atoms with Crippen molar-refractivity contribution in [2.45, 2.75) is 38.1 Å². The minimum Gasteiger partial charge on any atom is -0.508 e. The molecule has 0 aromatic heterocycles. The van der Waals surface area contributed by atoms with Gasteiger partial charge in [0.05, 0.1) is 0 Å². The summed E-state index contributed by atoms with van der Waals surface area (Å²) in [5, 5.41) is 9.80. The normalized spacial score (nSPS) is 32.1. The van der Waals surface area contributed by atoms with E-state index in [0.29, 0.717) is 17.7 Å². The summed E-state index contributed by atoms with van der Waals surface area (Å²) in [6, 6.07) is 6.53. The van der Waals surface area contributed by atoms with Gasteiger partial charge in [0.25, 0.3) is 0 Å². The van der Waals surface area contributed by atoms with Crippen LogP contribution >= 0.6 is 12.4 Å². The van der Waals surface area contributed by atoms with Gasteiger partial charge in [-0.15, -0.1) is 19.0 Å². The van der Waals surface area contributed by atoms with E-state index in [1.165, 1.54) is 11.1 Å². The highest BCUT2D eigenvalue weighted by Gasteiger charge is 2.48. The van der Waals surface area contributed by atoms with Gasteiger partial charge in [0.2, 0.25) is 0 Å². The van der Waals surface area contributed by atoms with Gasteiger partial charge in [0, 0.05) is 12.6 Å².